The average molecular weight is 371 g/mol. The molecule has 3 aromatic rings. The topological polar surface area (TPSA) is 62.7 Å². The zero-order valence-corrected chi connectivity index (χ0v) is 15.9. The fourth-order valence-corrected chi connectivity index (χ4v) is 3.41. The molecule has 0 saturated heterocycles. The third-order valence-corrected chi connectivity index (χ3v) is 4.91. The predicted octanol–water partition coefficient (Wildman–Crippen LogP) is 5.53. The van der Waals surface area contributed by atoms with E-state index >= 15 is 0 Å². The highest BCUT2D eigenvalue weighted by Crippen LogP contribution is 2.21. The molecule has 5 nitrogen and oxygen atoms in total. The van der Waals surface area contributed by atoms with Gasteiger partial charge in [0.2, 0.25) is 5.95 Å². The average Bonchev–Trinajstić information content (AvgIpc) is 2.75. The monoisotopic (exact) mass is 371 g/mol. The highest BCUT2D eigenvalue weighted by molar-refractivity contribution is 5.69. The Hall–Kier alpha value is -3.21. The van der Waals surface area contributed by atoms with Gasteiger partial charge in [0.15, 0.2) is 0 Å². The Morgan fingerprint density at radius 1 is 0.821 bits per heavy atom. The summed E-state index contributed by atoms with van der Waals surface area (Å²) in [4.78, 5) is 13.3. The third-order valence-electron chi connectivity index (χ3n) is 4.91. The quantitative estimate of drug-likeness (QED) is 0.596. The number of aromatic nitrogens is 3. The van der Waals surface area contributed by atoms with Crippen LogP contribution >= 0.6 is 0 Å². The third kappa shape index (κ3) is 5.16. The van der Waals surface area contributed by atoms with Gasteiger partial charge in [-0.05, 0) is 54.8 Å². The Bertz CT molecular complexity index is 900. The molecule has 5 heteroatoms. The van der Waals surface area contributed by atoms with Crippen molar-refractivity contribution < 1.29 is 0 Å². The summed E-state index contributed by atoms with van der Waals surface area (Å²) in [6.45, 7) is 0. The number of anilines is 3. The van der Waals surface area contributed by atoms with Gasteiger partial charge >= 0.3 is 0 Å². The molecule has 4 rings (SSSR count). The second-order valence-electron chi connectivity index (χ2n) is 7.08. The normalized spacial score (nSPS) is 14.9. The molecule has 0 amide bonds. The van der Waals surface area contributed by atoms with Gasteiger partial charge < -0.3 is 10.6 Å². The Kier molecular flexibility index (Phi) is 5.92. The summed E-state index contributed by atoms with van der Waals surface area (Å²) in [6, 6.07) is 16.5. The van der Waals surface area contributed by atoms with Crippen molar-refractivity contribution in [3.8, 4) is 0 Å². The summed E-state index contributed by atoms with van der Waals surface area (Å²) in [7, 11) is 0. The number of hydrogen-bond acceptors (Lipinski definition) is 5. The van der Waals surface area contributed by atoms with E-state index < -0.39 is 0 Å². The molecule has 0 aliphatic heterocycles. The number of pyridine rings is 1. The molecule has 1 aliphatic carbocycles. The van der Waals surface area contributed by atoms with Crippen molar-refractivity contribution in [2.75, 3.05) is 10.6 Å². The second kappa shape index (κ2) is 9.13. The minimum absolute atomic E-state index is 0.495. The zero-order valence-electron chi connectivity index (χ0n) is 15.9. The predicted molar refractivity (Wildman–Crippen MR) is 115 cm³/mol. The van der Waals surface area contributed by atoms with Gasteiger partial charge in [-0.25, -0.2) is 4.98 Å². The van der Waals surface area contributed by atoms with E-state index in [1.54, 1.807) is 12.4 Å². The summed E-state index contributed by atoms with van der Waals surface area (Å²) < 4.78 is 0. The van der Waals surface area contributed by atoms with Crippen molar-refractivity contribution >= 4 is 29.6 Å². The van der Waals surface area contributed by atoms with Gasteiger partial charge in [-0.15, -0.1) is 0 Å². The molecule has 0 unspecified atom stereocenters. The van der Waals surface area contributed by atoms with Gasteiger partial charge in [0, 0.05) is 24.1 Å². The molecule has 0 atom stereocenters. The Balaban J connectivity index is 1.37. The van der Waals surface area contributed by atoms with Crippen LogP contribution in [0.1, 0.15) is 43.4 Å². The maximum atomic E-state index is 4.60. The number of nitrogens with one attached hydrogen (secondary N) is 2. The summed E-state index contributed by atoms with van der Waals surface area (Å²) in [5.41, 5.74) is 3.07. The first kappa shape index (κ1) is 18.2. The maximum Gasteiger partial charge on any atom is 0.224 e. The number of rotatable bonds is 6. The van der Waals surface area contributed by atoms with E-state index in [1.165, 1.54) is 32.1 Å². The zero-order chi connectivity index (χ0) is 19.0. The molecule has 0 radical (unpaired) electrons. The molecule has 0 spiro atoms. The van der Waals surface area contributed by atoms with Crippen molar-refractivity contribution in [2.45, 2.75) is 38.1 Å². The Morgan fingerprint density at radius 2 is 1.68 bits per heavy atom. The van der Waals surface area contributed by atoms with Gasteiger partial charge in [0.1, 0.15) is 5.82 Å². The van der Waals surface area contributed by atoms with E-state index in [0.717, 1.165) is 22.8 Å². The lowest BCUT2D eigenvalue weighted by molar-refractivity contribution is 0.461. The van der Waals surface area contributed by atoms with E-state index in [2.05, 4.69) is 55.9 Å². The summed E-state index contributed by atoms with van der Waals surface area (Å²) in [5, 5.41) is 6.83. The van der Waals surface area contributed by atoms with Crippen molar-refractivity contribution in [2.24, 2.45) is 0 Å². The standard InChI is InChI=1S/C23H25N5/c1-2-7-20(8-3-1)27-23-25-17-15-22(28-23)26-21-13-10-18(11-14-21)9-12-19-6-4-5-16-24-19/h4-6,9-17,20H,1-3,7-8H2,(H2,25,26,27,28). The lowest BCUT2D eigenvalue weighted by atomic mass is 9.96. The molecule has 2 heterocycles. The molecular formula is C23H25N5. The molecule has 2 N–H and O–H groups in total. The molecular weight excluding hydrogens is 346 g/mol. The molecule has 2 aromatic heterocycles. The van der Waals surface area contributed by atoms with Crippen LogP contribution in [0.5, 0.6) is 0 Å². The van der Waals surface area contributed by atoms with E-state index in [9.17, 15) is 0 Å². The molecule has 28 heavy (non-hydrogen) atoms. The van der Waals surface area contributed by atoms with Crippen LogP contribution in [-0.4, -0.2) is 21.0 Å². The van der Waals surface area contributed by atoms with Crippen molar-refractivity contribution in [3.05, 3.63) is 72.2 Å². The number of benzene rings is 1. The van der Waals surface area contributed by atoms with Gasteiger partial charge in [-0.1, -0.05) is 43.5 Å². The van der Waals surface area contributed by atoms with Crippen LogP contribution in [0.4, 0.5) is 17.5 Å². The Labute approximate surface area is 166 Å². The van der Waals surface area contributed by atoms with E-state index in [-0.39, 0.29) is 0 Å². The van der Waals surface area contributed by atoms with Crippen LogP contribution in [0.15, 0.2) is 60.9 Å². The number of hydrogen-bond donors (Lipinski definition) is 2. The van der Waals surface area contributed by atoms with Gasteiger partial charge in [-0.2, -0.15) is 4.98 Å². The molecule has 1 aliphatic rings. The van der Waals surface area contributed by atoms with Crippen molar-refractivity contribution in [3.63, 3.8) is 0 Å². The van der Waals surface area contributed by atoms with Crippen molar-refractivity contribution in [1.82, 2.24) is 15.0 Å². The SMILES string of the molecule is C(=Cc1ccccn1)c1ccc(Nc2ccnc(NC3CCCCC3)n2)cc1. The van der Waals surface area contributed by atoms with Gasteiger partial charge in [-0.3, -0.25) is 4.98 Å². The molecule has 0 bridgehead atoms. The van der Waals surface area contributed by atoms with Crippen LogP contribution in [0.2, 0.25) is 0 Å². The minimum atomic E-state index is 0.495. The summed E-state index contributed by atoms with van der Waals surface area (Å²) >= 11 is 0. The number of nitrogens with zero attached hydrogens (tertiary/aromatic N) is 3. The summed E-state index contributed by atoms with van der Waals surface area (Å²) in [6.07, 6.45) is 14.0. The second-order valence-corrected chi connectivity index (χ2v) is 7.08. The highest BCUT2D eigenvalue weighted by Gasteiger charge is 2.14. The molecule has 1 aromatic carbocycles. The van der Waals surface area contributed by atoms with Crippen LogP contribution in [0.3, 0.4) is 0 Å². The van der Waals surface area contributed by atoms with Gasteiger partial charge in [0.25, 0.3) is 0 Å². The van der Waals surface area contributed by atoms with E-state index in [1.807, 2.05) is 30.3 Å². The fourth-order valence-electron chi connectivity index (χ4n) is 3.41. The highest BCUT2D eigenvalue weighted by atomic mass is 15.1. The van der Waals surface area contributed by atoms with Crippen LogP contribution in [0.25, 0.3) is 12.2 Å². The smallest absolute Gasteiger partial charge is 0.224 e. The van der Waals surface area contributed by atoms with Crippen LogP contribution in [0, 0.1) is 0 Å². The molecule has 1 saturated carbocycles. The molecule has 142 valence electrons. The fraction of sp³-hybridized carbons (Fsp3) is 0.261. The van der Waals surface area contributed by atoms with Crippen LogP contribution < -0.4 is 10.6 Å². The maximum absolute atomic E-state index is 4.60. The van der Waals surface area contributed by atoms with Crippen LogP contribution in [-0.2, 0) is 0 Å². The molecule has 1 fully saturated rings. The lowest BCUT2D eigenvalue weighted by Gasteiger charge is -2.22. The first-order chi connectivity index (χ1) is 13.8. The van der Waals surface area contributed by atoms with E-state index in [4.69, 9.17) is 0 Å². The summed E-state index contributed by atoms with van der Waals surface area (Å²) in [5.74, 6) is 1.50. The van der Waals surface area contributed by atoms with Crippen molar-refractivity contribution in [1.29, 1.82) is 0 Å². The van der Waals surface area contributed by atoms with Gasteiger partial charge in [0.05, 0.1) is 5.69 Å². The minimum Gasteiger partial charge on any atom is -0.351 e. The first-order valence-electron chi connectivity index (χ1n) is 9.91. The first-order valence-corrected chi connectivity index (χ1v) is 9.91. The van der Waals surface area contributed by atoms with E-state index in [0.29, 0.717) is 12.0 Å². The lowest BCUT2D eigenvalue weighted by Crippen LogP contribution is -2.23. The largest absolute Gasteiger partial charge is 0.351 e. The Morgan fingerprint density at radius 3 is 2.46 bits per heavy atom.